The molecule has 0 aliphatic rings. The molecule has 0 spiro atoms. The van der Waals surface area contributed by atoms with Gasteiger partial charge in [0.2, 0.25) is 0 Å². The van der Waals surface area contributed by atoms with Gasteiger partial charge in [0.25, 0.3) is 5.56 Å². The maximum absolute atomic E-state index is 11.8. The fraction of sp³-hybridized carbons (Fsp3) is 0.0769. The maximum Gasteiger partial charge on any atom is 0.339 e. The number of H-pyrrole nitrogens is 1. The first-order chi connectivity index (χ1) is 10.1. The molecule has 1 heterocycles. The summed E-state index contributed by atoms with van der Waals surface area (Å²) >= 11 is 0. The first kappa shape index (κ1) is 14.3. The molecule has 8 heteroatoms. The third kappa shape index (κ3) is 3.66. The van der Waals surface area contributed by atoms with Crippen LogP contribution in [0.1, 0.15) is 10.4 Å². The average molecular weight is 288 g/mol. The minimum absolute atomic E-state index is 0.169. The van der Waals surface area contributed by atoms with Gasteiger partial charge in [0, 0.05) is 6.07 Å². The zero-order valence-corrected chi connectivity index (χ0v) is 11.0. The Morgan fingerprint density at radius 1 is 1.14 bits per heavy atom. The highest BCUT2D eigenvalue weighted by Gasteiger charge is 2.13. The van der Waals surface area contributed by atoms with Gasteiger partial charge in [0.1, 0.15) is 0 Å². The molecule has 2 amide bonds. The quantitative estimate of drug-likeness (QED) is 0.734. The number of urea groups is 1. The number of hydrogen-bond acceptors (Lipinski definition) is 5. The number of methoxy groups -OCH3 is 1. The number of ether oxygens (including phenoxy) is 1. The number of anilines is 2. The first-order valence-corrected chi connectivity index (χ1v) is 5.91. The molecule has 1 aromatic heterocycles. The molecule has 0 aliphatic carbocycles. The van der Waals surface area contributed by atoms with Crippen LogP contribution in [0.5, 0.6) is 0 Å². The number of benzene rings is 1. The van der Waals surface area contributed by atoms with Crippen molar-refractivity contribution in [2.24, 2.45) is 0 Å². The number of rotatable bonds is 3. The standard InChI is InChI=1S/C13H12N4O4/c1-21-12(19)8-4-2-3-5-9(8)14-13(20)15-10-6-7-11(18)17-16-10/h2-7H,1H3,(H,17,18)(H2,14,15,16,20). The number of amides is 2. The van der Waals surface area contributed by atoms with E-state index in [-0.39, 0.29) is 16.9 Å². The molecule has 3 N–H and O–H groups in total. The smallest absolute Gasteiger partial charge is 0.339 e. The average Bonchev–Trinajstić information content (AvgIpc) is 2.49. The van der Waals surface area contributed by atoms with E-state index in [1.54, 1.807) is 18.2 Å². The van der Waals surface area contributed by atoms with Crippen molar-refractivity contribution < 1.29 is 14.3 Å². The van der Waals surface area contributed by atoms with Crippen molar-refractivity contribution in [1.82, 2.24) is 10.2 Å². The van der Waals surface area contributed by atoms with Crippen molar-refractivity contribution in [3.8, 4) is 0 Å². The van der Waals surface area contributed by atoms with Gasteiger partial charge < -0.3 is 10.1 Å². The SMILES string of the molecule is COC(=O)c1ccccc1NC(=O)Nc1ccc(=O)[nH]n1. The lowest BCUT2D eigenvalue weighted by molar-refractivity contribution is 0.0602. The topological polar surface area (TPSA) is 113 Å². The Kier molecular flexibility index (Phi) is 4.30. The van der Waals surface area contributed by atoms with Gasteiger partial charge in [-0.1, -0.05) is 12.1 Å². The summed E-state index contributed by atoms with van der Waals surface area (Å²) in [6.45, 7) is 0. The molecule has 0 saturated heterocycles. The molecular formula is C13H12N4O4. The number of para-hydroxylation sites is 1. The number of hydrogen-bond donors (Lipinski definition) is 3. The summed E-state index contributed by atoms with van der Waals surface area (Å²) in [5, 5.41) is 10.7. The predicted molar refractivity (Wildman–Crippen MR) is 75.3 cm³/mol. The third-order valence-corrected chi connectivity index (χ3v) is 2.50. The van der Waals surface area contributed by atoms with Gasteiger partial charge in [-0.05, 0) is 18.2 Å². The maximum atomic E-state index is 11.8. The number of nitrogens with one attached hydrogen (secondary N) is 3. The summed E-state index contributed by atoms with van der Waals surface area (Å²) in [4.78, 5) is 34.2. The second-order valence-electron chi connectivity index (χ2n) is 3.92. The second-order valence-corrected chi connectivity index (χ2v) is 3.92. The van der Waals surface area contributed by atoms with Crippen molar-refractivity contribution in [2.75, 3.05) is 17.7 Å². The normalized spacial score (nSPS) is 9.76. The lowest BCUT2D eigenvalue weighted by Crippen LogP contribution is -2.22. The molecule has 0 atom stereocenters. The largest absolute Gasteiger partial charge is 0.465 e. The second kappa shape index (κ2) is 6.33. The molecule has 0 unspecified atom stereocenters. The lowest BCUT2D eigenvalue weighted by Gasteiger charge is -2.10. The summed E-state index contributed by atoms with van der Waals surface area (Å²) in [6, 6.07) is 8.38. The van der Waals surface area contributed by atoms with Crippen LogP contribution in [0.15, 0.2) is 41.2 Å². The molecule has 2 rings (SSSR count). The summed E-state index contributed by atoms with van der Waals surface area (Å²) in [7, 11) is 1.25. The van der Waals surface area contributed by atoms with Crippen molar-refractivity contribution in [1.29, 1.82) is 0 Å². The molecule has 1 aromatic carbocycles. The van der Waals surface area contributed by atoms with E-state index in [1.807, 2.05) is 0 Å². The number of aromatic amines is 1. The summed E-state index contributed by atoms with van der Waals surface area (Å²) in [6.07, 6.45) is 0. The number of nitrogens with zero attached hydrogens (tertiary/aromatic N) is 1. The van der Waals surface area contributed by atoms with Gasteiger partial charge >= 0.3 is 12.0 Å². The van der Waals surface area contributed by atoms with Crippen molar-refractivity contribution in [3.05, 3.63) is 52.3 Å². The highest BCUT2D eigenvalue weighted by atomic mass is 16.5. The van der Waals surface area contributed by atoms with Crippen molar-refractivity contribution >= 4 is 23.5 Å². The minimum atomic E-state index is -0.606. The summed E-state index contributed by atoms with van der Waals surface area (Å²) in [5.41, 5.74) is 0.146. The third-order valence-electron chi connectivity index (χ3n) is 2.50. The van der Waals surface area contributed by atoms with Crippen LogP contribution in [0.3, 0.4) is 0 Å². The van der Waals surface area contributed by atoms with Gasteiger partial charge in [-0.3, -0.25) is 10.1 Å². The van der Waals surface area contributed by atoms with E-state index in [9.17, 15) is 14.4 Å². The number of aromatic nitrogens is 2. The molecule has 0 aliphatic heterocycles. The Hall–Kier alpha value is -3.16. The Balaban J connectivity index is 2.11. The zero-order valence-electron chi connectivity index (χ0n) is 11.0. The Labute approximate surface area is 119 Å². The van der Waals surface area contributed by atoms with E-state index in [4.69, 9.17) is 0 Å². The lowest BCUT2D eigenvalue weighted by atomic mass is 10.2. The fourth-order valence-electron chi connectivity index (χ4n) is 1.56. The fourth-order valence-corrected chi connectivity index (χ4v) is 1.56. The van der Waals surface area contributed by atoms with Crippen molar-refractivity contribution in [3.63, 3.8) is 0 Å². The zero-order chi connectivity index (χ0) is 15.2. The molecule has 2 aromatic rings. The van der Waals surface area contributed by atoms with E-state index in [0.717, 1.165) is 0 Å². The first-order valence-electron chi connectivity index (χ1n) is 5.91. The van der Waals surface area contributed by atoms with Gasteiger partial charge in [0.15, 0.2) is 5.82 Å². The molecular weight excluding hydrogens is 276 g/mol. The van der Waals surface area contributed by atoms with E-state index in [1.165, 1.54) is 25.3 Å². The monoisotopic (exact) mass is 288 g/mol. The van der Waals surface area contributed by atoms with Crippen LogP contribution < -0.4 is 16.2 Å². The van der Waals surface area contributed by atoms with Crippen LogP contribution in [0.4, 0.5) is 16.3 Å². The van der Waals surface area contributed by atoms with Crippen LogP contribution >= 0.6 is 0 Å². The molecule has 0 saturated carbocycles. The Bertz CT molecular complexity index is 706. The number of carbonyl (C=O) groups is 2. The molecule has 0 fully saturated rings. The van der Waals surface area contributed by atoms with Crippen molar-refractivity contribution in [2.45, 2.75) is 0 Å². The molecule has 21 heavy (non-hydrogen) atoms. The van der Waals surface area contributed by atoms with E-state index >= 15 is 0 Å². The minimum Gasteiger partial charge on any atom is -0.465 e. The van der Waals surface area contributed by atoms with Crippen LogP contribution in [0.2, 0.25) is 0 Å². The highest BCUT2D eigenvalue weighted by molar-refractivity contribution is 6.04. The van der Waals surface area contributed by atoms with Crippen LogP contribution in [-0.4, -0.2) is 29.3 Å². The molecule has 0 radical (unpaired) electrons. The summed E-state index contributed by atoms with van der Waals surface area (Å²) < 4.78 is 4.63. The van der Waals surface area contributed by atoms with Gasteiger partial charge in [-0.15, -0.1) is 0 Å². The Morgan fingerprint density at radius 3 is 2.57 bits per heavy atom. The Morgan fingerprint density at radius 2 is 1.90 bits per heavy atom. The number of carbonyl (C=O) groups excluding carboxylic acids is 2. The molecule has 8 nitrogen and oxygen atoms in total. The van der Waals surface area contributed by atoms with Gasteiger partial charge in [-0.25, -0.2) is 14.7 Å². The van der Waals surface area contributed by atoms with Crippen LogP contribution in [-0.2, 0) is 4.74 Å². The molecule has 0 bridgehead atoms. The van der Waals surface area contributed by atoms with Gasteiger partial charge in [0.05, 0.1) is 18.4 Å². The summed E-state index contributed by atoms with van der Waals surface area (Å²) in [5.74, 6) is -0.393. The van der Waals surface area contributed by atoms with Crippen LogP contribution in [0.25, 0.3) is 0 Å². The van der Waals surface area contributed by atoms with Crippen LogP contribution in [0, 0.1) is 0 Å². The number of esters is 1. The van der Waals surface area contributed by atoms with E-state index in [0.29, 0.717) is 5.69 Å². The van der Waals surface area contributed by atoms with Gasteiger partial charge in [-0.2, -0.15) is 5.10 Å². The predicted octanol–water partition coefficient (Wildman–Crippen LogP) is 1.20. The molecule has 108 valence electrons. The van der Waals surface area contributed by atoms with E-state index < -0.39 is 12.0 Å². The van der Waals surface area contributed by atoms with E-state index in [2.05, 4.69) is 25.6 Å². The highest BCUT2D eigenvalue weighted by Crippen LogP contribution is 2.16.